The van der Waals surface area contributed by atoms with E-state index >= 15 is 0 Å². The molecule has 0 saturated heterocycles. The van der Waals surface area contributed by atoms with Crippen molar-refractivity contribution in [3.63, 3.8) is 0 Å². The maximum Gasteiger partial charge on any atom is 0.139 e. The number of carbonyl (C=O) groups excluding carboxylic acids is 1. The smallest absolute Gasteiger partial charge is 0.139 e. The van der Waals surface area contributed by atoms with E-state index in [4.69, 9.17) is 10.6 Å². The fourth-order valence-corrected chi connectivity index (χ4v) is 7.57. The minimum Gasteiger partial charge on any atom is -0.395 e. The lowest BCUT2D eigenvalue weighted by molar-refractivity contribution is -0.141. The van der Waals surface area contributed by atoms with Gasteiger partial charge in [-0.2, -0.15) is 0 Å². The molecule has 4 heteroatoms. The third kappa shape index (κ3) is 2.66. The molecule has 4 aliphatic carbocycles. The monoisotopic (exact) mass is 360 g/mol. The zero-order valence-corrected chi connectivity index (χ0v) is 16.8. The van der Waals surface area contributed by atoms with Crippen LogP contribution in [0.4, 0.5) is 0 Å². The SMILES string of the molecule is C[C@@H]1C[C@@H]2[C@H](CC[C@]3(C)C(=O)CC[C@@H]23)[C@@]2(C)CC/C(=N\OCCN)C[C@H]12. The van der Waals surface area contributed by atoms with Crippen LogP contribution in [-0.4, -0.2) is 24.6 Å². The van der Waals surface area contributed by atoms with Crippen molar-refractivity contribution in [1.82, 2.24) is 0 Å². The standard InChI is InChI=1S/C22H36N2O2/c1-14-12-16-17-4-5-20(25)22(17,3)9-7-18(16)21(2)8-6-15(13-19(14)21)24-26-11-10-23/h14,16-19H,4-13,23H2,1-3H3/b24-15+/t14-,16+,17+,18+,19-,21-,22+/m1/s1. The van der Waals surface area contributed by atoms with Crippen molar-refractivity contribution in [2.45, 2.75) is 72.1 Å². The van der Waals surface area contributed by atoms with Gasteiger partial charge < -0.3 is 10.6 Å². The maximum atomic E-state index is 12.6. The van der Waals surface area contributed by atoms with Crippen LogP contribution in [0, 0.1) is 40.4 Å². The van der Waals surface area contributed by atoms with E-state index in [1.54, 1.807) is 0 Å². The molecule has 4 fully saturated rings. The van der Waals surface area contributed by atoms with Gasteiger partial charge in [0, 0.05) is 18.4 Å². The van der Waals surface area contributed by atoms with Gasteiger partial charge in [0.15, 0.2) is 0 Å². The van der Waals surface area contributed by atoms with Gasteiger partial charge in [-0.3, -0.25) is 4.79 Å². The Hall–Kier alpha value is -0.900. The number of Topliss-reactive ketones (excluding diaryl/α,β-unsaturated/α-hetero) is 1. The molecule has 4 saturated carbocycles. The average molecular weight is 361 g/mol. The molecule has 26 heavy (non-hydrogen) atoms. The third-order valence-electron chi connectivity index (χ3n) is 8.98. The largest absolute Gasteiger partial charge is 0.395 e. The Bertz CT molecular complexity index is 603. The highest BCUT2D eigenvalue weighted by Crippen LogP contribution is 2.66. The van der Waals surface area contributed by atoms with Crippen molar-refractivity contribution in [1.29, 1.82) is 0 Å². The molecular weight excluding hydrogens is 324 g/mol. The fraction of sp³-hybridized carbons (Fsp3) is 0.909. The molecule has 146 valence electrons. The molecule has 0 aromatic carbocycles. The van der Waals surface area contributed by atoms with E-state index in [1.165, 1.54) is 25.0 Å². The van der Waals surface area contributed by atoms with Crippen LogP contribution in [0.1, 0.15) is 72.1 Å². The van der Waals surface area contributed by atoms with E-state index in [9.17, 15) is 4.79 Å². The maximum absolute atomic E-state index is 12.6. The summed E-state index contributed by atoms with van der Waals surface area (Å²) < 4.78 is 0. The third-order valence-corrected chi connectivity index (χ3v) is 8.98. The second-order valence-corrected chi connectivity index (χ2v) is 10.1. The molecule has 4 rings (SSSR count). The van der Waals surface area contributed by atoms with Crippen LogP contribution in [0.5, 0.6) is 0 Å². The highest BCUT2D eigenvalue weighted by Gasteiger charge is 2.61. The molecule has 0 unspecified atom stereocenters. The molecule has 0 aromatic heterocycles. The molecule has 7 atom stereocenters. The highest BCUT2D eigenvalue weighted by atomic mass is 16.6. The molecule has 0 bridgehead atoms. The second-order valence-electron chi connectivity index (χ2n) is 10.1. The number of nitrogens with zero attached hydrogens (tertiary/aromatic N) is 1. The predicted octanol–water partition coefficient (Wildman–Crippen LogP) is 4.18. The van der Waals surface area contributed by atoms with E-state index in [2.05, 4.69) is 25.9 Å². The number of rotatable bonds is 3. The first-order chi connectivity index (χ1) is 12.4. The molecule has 0 spiro atoms. The summed E-state index contributed by atoms with van der Waals surface area (Å²) in [5.41, 5.74) is 7.14. The Morgan fingerprint density at radius 2 is 1.96 bits per heavy atom. The summed E-state index contributed by atoms with van der Waals surface area (Å²) >= 11 is 0. The van der Waals surface area contributed by atoms with Crippen LogP contribution in [0.25, 0.3) is 0 Å². The molecule has 0 aliphatic heterocycles. The predicted molar refractivity (Wildman–Crippen MR) is 104 cm³/mol. The minimum absolute atomic E-state index is 0.0125. The minimum atomic E-state index is -0.0125. The van der Waals surface area contributed by atoms with Gasteiger partial charge in [-0.25, -0.2) is 0 Å². The van der Waals surface area contributed by atoms with Crippen LogP contribution in [0.3, 0.4) is 0 Å². The zero-order chi connectivity index (χ0) is 18.5. The van der Waals surface area contributed by atoms with Crippen molar-refractivity contribution >= 4 is 11.5 Å². The van der Waals surface area contributed by atoms with Gasteiger partial charge in [0.1, 0.15) is 12.4 Å². The van der Waals surface area contributed by atoms with Gasteiger partial charge in [-0.1, -0.05) is 25.9 Å². The normalized spacial score (nSPS) is 49.5. The number of nitrogens with two attached hydrogens (primary N) is 1. The molecule has 4 nitrogen and oxygen atoms in total. The van der Waals surface area contributed by atoms with Crippen LogP contribution in [0.2, 0.25) is 0 Å². The summed E-state index contributed by atoms with van der Waals surface area (Å²) in [5, 5.41) is 4.40. The van der Waals surface area contributed by atoms with Crippen molar-refractivity contribution in [3.8, 4) is 0 Å². The lowest BCUT2D eigenvalue weighted by Crippen LogP contribution is -2.56. The van der Waals surface area contributed by atoms with E-state index in [0.29, 0.717) is 42.1 Å². The first-order valence-electron chi connectivity index (χ1n) is 10.8. The van der Waals surface area contributed by atoms with Crippen molar-refractivity contribution in [2.24, 2.45) is 51.3 Å². The Balaban J connectivity index is 1.56. The van der Waals surface area contributed by atoms with Crippen LogP contribution < -0.4 is 5.73 Å². The quantitative estimate of drug-likeness (QED) is 0.607. The lowest BCUT2D eigenvalue weighted by atomic mass is 9.43. The molecule has 0 heterocycles. The van der Waals surface area contributed by atoms with Crippen molar-refractivity contribution in [2.75, 3.05) is 13.2 Å². The zero-order valence-electron chi connectivity index (χ0n) is 16.8. The van der Waals surface area contributed by atoms with Gasteiger partial charge in [-0.15, -0.1) is 0 Å². The van der Waals surface area contributed by atoms with Gasteiger partial charge in [0.25, 0.3) is 0 Å². The molecule has 4 aliphatic rings. The van der Waals surface area contributed by atoms with Gasteiger partial charge >= 0.3 is 0 Å². The van der Waals surface area contributed by atoms with Crippen LogP contribution >= 0.6 is 0 Å². The van der Waals surface area contributed by atoms with E-state index < -0.39 is 0 Å². The highest BCUT2D eigenvalue weighted by molar-refractivity contribution is 5.87. The molecule has 0 aromatic rings. The Morgan fingerprint density at radius 1 is 1.15 bits per heavy atom. The number of hydrogen-bond donors (Lipinski definition) is 1. The topological polar surface area (TPSA) is 64.7 Å². The number of ketones is 1. The number of hydrogen-bond acceptors (Lipinski definition) is 4. The number of oxime groups is 1. The van der Waals surface area contributed by atoms with E-state index in [-0.39, 0.29) is 5.41 Å². The van der Waals surface area contributed by atoms with Crippen molar-refractivity contribution in [3.05, 3.63) is 0 Å². The second kappa shape index (κ2) is 6.61. The summed E-state index contributed by atoms with van der Waals surface area (Å²) in [6, 6.07) is 0. The first-order valence-corrected chi connectivity index (χ1v) is 10.8. The van der Waals surface area contributed by atoms with Gasteiger partial charge in [-0.05, 0) is 80.0 Å². The van der Waals surface area contributed by atoms with E-state index in [0.717, 1.165) is 43.9 Å². The van der Waals surface area contributed by atoms with Crippen molar-refractivity contribution < 1.29 is 9.63 Å². The van der Waals surface area contributed by atoms with Crippen LogP contribution in [0.15, 0.2) is 5.16 Å². The summed E-state index contributed by atoms with van der Waals surface area (Å²) in [6.07, 6.45) is 9.02. The van der Waals surface area contributed by atoms with Gasteiger partial charge in [0.2, 0.25) is 0 Å². The summed E-state index contributed by atoms with van der Waals surface area (Å²) in [5.74, 6) is 4.15. The number of fused-ring (bicyclic) bond motifs is 5. The number of carbonyl (C=O) groups is 1. The Kier molecular flexibility index (Phi) is 4.70. The average Bonchev–Trinajstić information content (AvgIpc) is 2.92. The van der Waals surface area contributed by atoms with E-state index in [1.807, 2.05) is 0 Å². The molecule has 2 N–H and O–H groups in total. The Morgan fingerprint density at radius 3 is 2.73 bits per heavy atom. The lowest BCUT2D eigenvalue weighted by Gasteiger charge is -2.61. The Labute approximate surface area is 158 Å². The fourth-order valence-electron chi connectivity index (χ4n) is 7.57. The van der Waals surface area contributed by atoms with Gasteiger partial charge in [0.05, 0.1) is 5.71 Å². The summed E-state index contributed by atoms with van der Waals surface area (Å²) in [7, 11) is 0. The molecule has 0 radical (unpaired) electrons. The molecule has 0 amide bonds. The van der Waals surface area contributed by atoms with Crippen LogP contribution in [-0.2, 0) is 9.63 Å². The first kappa shape index (κ1) is 18.5. The summed E-state index contributed by atoms with van der Waals surface area (Å²) in [6.45, 7) is 8.33. The summed E-state index contributed by atoms with van der Waals surface area (Å²) in [4.78, 5) is 18.0. The molecular formula is C22H36N2O2.